The van der Waals surface area contributed by atoms with Crippen LogP contribution < -0.4 is 0 Å². The van der Waals surface area contributed by atoms with Gasteiger partial charge in [0.25, 0.3) is 0 Å². The molecule has 17 nitrogen and oxygen atoms in total. The van der Waals surface area contributed by atoms with Crippen molar-refractivity contribution in [3.05, 3.63) is 0 Å². The monoisotopic (exact) mass is 1400 g/mol. The van der Waals surface area contributed by atoms with Gasteiger partial charge >= 0.3 is 39.5 Å². The van der Waals surface area contributed by atoms with Crippen LogP contribution >= 0.6 is 15.6 Å². The average Bonchev–Trinajstić information content (AvgIpc) is 2.17. The Morgan fingerprint density at radius 3 is 0.716 bits per heavy atom. The van der Waals surface area contributed by atoms with Crippen LogP contribution in [-0.4, -0.2) is 96.7 Å². The molecule has 5 atom stereocenters. The van der Waals surface area contributed by atoms with E-state index in [1.165, 1.54) is 205 Å². The van der Waals surface area contributed by atoms with Gasteiger partial charge in [0.15, 0.2) is 12.2 Å². The zero-order valence-electron chi connectivity index (χ0n) is 62.0. The molecule has 2 unspecified atom stereocenters. The van der Waals surface area contributed by atoms with Gasteiger partial charge in [0.1, 0.15) is 19.3 Å². The normalized spacial score (nSPS) is 14.0. The van der Waals surface area contributed by atoms with E-state index in [1.807, 2.05) is 0 Å². The summed E-state index contributed by atoms with van der Waals surface area (Å²) < 4.78 is 68.4. The van der Waals surface area contributed by atoms with Gasteiger partial charge in [0.05, 0.1) is 26.4 Å². The molecule has 0 heterocycles. The standard InChI is InChI=1S/C76H148O17P2/c1-7-9-11-13-15-33-42-48-54-60-75(80)92-71(64-86-73(78)58-52-46-40-16-14-12-10-8-2)66-90-94(82,83)88-62-70(77)63-89-95(84,85)91-67-72(93-76(81)61-55-49-43-37-32-28-24-20-18-22-26-30-35-39-45-51-57-69(5)6)65-87-74(79)59-53-47-41-36-31-27-23-19-17-21-25-29-34-38-44-50-56-68(3)4/h68-72,77H,7-67H2,1-6H3,(H,82,83)(H,84,85)/t70-,71+,72+/m0/s1. The van der Waals surface area contributed by atoms with Gasteiger partial charge in [-0.1, -0.05) is 343 Å². The van der Waals surface area contributed by atoms with Crippen LogP contribution in [0, 0.1) is 11.8 Å². The van der Waals surface area contributed by atoms with Gasteiger partial charge in [-0.3, -0.25) is 37.3 Å². The molecule has 3 N–H and O–H groups in total. The van der Waals surface area contributed by atoms with Crippen molar-refractivity contribution in [3.63, 3.8) is 0 Å². The van der Waals surface area contributed by atoms with Crippen molar-refractivity contribution in [2.45, 2.75) is 413 Å². The quantitative estimate of drug-likeness (QED) is 0.0222. The lowest BCUT2D eigenvalue weighted by Gasteiger charge is -2.21. The summed E-state index contributed by atoms with van der Waals surface area (Å²) in [5.74, 6) is -0.498. The minimum absolute atomic E-state index is 0.106. The maximum absolute atomic E-state index is 13.1. The van der Waals surface area contributed by atoms with Gasteiger partial charge in [-0.05, 0) is 37.5 Å². The van der Waals surface area contributed by atoms with Crippen molar-refractivity contribution in [3.8, 4) is 0 Å². The van der Waals surface area contributed by atoms with E-state index < -0.39 is 97.5 Å². The molecule has 564 valence electrons. The lowest BCUT2D eigenvalue weighted by Crippen LogP contribution is -2.30. The van der Waals surface area contributed by atoms with Crippen LogP contribution in [0.4, 0.5) is 0 Å². The number of esters is 4. The molecule has 0 fully saturated rings. The lowest BCUT2D eigenvalue weighted by molar-refractivity contribution is -0.161. The lowest BCUT2D eigenvalue weighted by atomic mass is 10.0. The molecule has 0 bridgehead atoms. The van der Waals surface area contributed by atoms with Crippen LogP contribution in [0.25, 0.3) is 0 Å². The van der Waals surface area contributed by atoms with Crippen molar-refractivity contribution >= 4 is 39.5 Å². The Morgan fingerprint density at radius 2 is 0.484 bits per heavy atom. The van der Waals surface area contributed by atoms with Gasteiger partial charge in [0, 0.05) is 25.7 Å². The number of aliphatic hydroxyl groups is 1. The van der Waals surface area contributed by atoms with Crippen molar-refractivity contribution < 1.29 is 80.2 Å². The van der Waals surface area contributed by atoms with E-state index in [4.69, 9.17) is 37.0 Å². The number of ether oxygens (including phenoxy) is 4. The Balaban J connectivity index is 5.16. The first kappa shape index (κ1) is 93.1. The predicted octanol–water partition coefficient (Wildman–Crippen LogP) is 22.3. The summed E-state index contributed by atoms with van der Waals surface area (Å²) in [6, 6.07) is 0. The van der Waals surface area contributed by atoms with Crippen molar-refractivity contribution in [1.82, 2.24) is 0 Å². The molecule has 19 heteroatoms. The highest BCUT2D eigenvalue weighted by Gasteiger charge is 2.30. The summed E-state index contributed by atoms with van der Waals surface area (Å²) in [5, 5.41) is 10.6. The van der Waals surface area contributed by atoms with Crippen molar-refractivity contribution in [2.24, 2.45) is 11.8 Å². The van der Waals surface area contributed by atoms with Crippen molar-refractivity contribution in [1.29, 1.82) is 0 Å². The summed E-state index contributed by atoms with van der Waals surface area (Å²) in [7, 11) is -9.90. The Morgan fingerprint density at radius 1 is 0.284 bits per heavy atom. The number of hydrogen-bond donors (Lipinski definition) is 3. The van der Waals surface area contributed by atoms with Crippen LogP contribution in [0.5, 0.6) is 0 Å². The maximum atomic E-state index is 13.1. The molecule has 0 saturated heterocycles. The Bertz CT molecular complexity index is 1840. The Kier molecular flexibility index (Phi) is 66.5. The third-order valence-electron chi connectivity index (χ3n) is 17.7. The molecule has 0 radical (unpaired) electrons. The summed E-state index contributed by atoms with van der Waals surface area (Å²) in [4.78, 5) is 72.6. The predicted molar refractivity (Wildman–Crippen MR) is 386 cm³/mol. The number of phosphoric ester groups is 2. The minimum Gasteiger partial charge on any atom is -0.462 e. The number of carbonyl (C=O) groups excluding carboxylic acids is 4. The molecular formula is C76H148O17P2. The third kappa shape index (κ3) is 70.3. The van der Waals surface area contributed by atoms with Crippen molar-refractivity contribution in [2.75, 3.05) is 39.6 Å². The number of aliphatic hydroxyl groups excluding tert-OH is 1. The zero-order chi connectivity index (χ0) is 70.0. The van der Waals surface area contributed by atoms with Crippen LogP contribution in [-0.2, 0) is 65.4 Å². The number of rotatable bonds is 75. The molecule has 0 aliphatic carbocycles. The summed E-state index contributed by atoms with van der Waals surface area (Å²) in [6.07, 6.45) is 55.7. The highest BCUT2D eigenvalue weighted by Crippen LogP contribution is 2.45. The fourth-order valence-corrected chi connectivity index (χ4v) is 13.2. The summed E-state index contributed by atoms with van der Waals surface area (Å²) in [5.41, 5.74) is 0. The molecule has 0 aromatic carbocycles. The van der Waals surface area contributed by atoms with E-state index in [9.17, 15) is 43.2 Å². The zero-order valence-corrected chi connectivity index (χ0v) is 63.8. The van der Waals surface area contributed by atoms with Crippen LogP contribution in [0.1, 0.15) is 395 Å². The molecule has 95 heavy (non-hydrogen) atoms. The number of hydrogen-bond acceptors (Lipinski definition) is 15. The Hall–Kier alpha value is -1.94. The first-order chi connectivity index (χ1) is 45.9. The molecule has 0 saturated carbocycles. The molecule has 0 aromatic rings. The van der Waals surface area contributed by atoms with E-state index in [-0.39, 0.29) is 25.7 Å². The molecule has 0 amide bonds. The van der Waals surface area contributed by atoms with Crippen LogP contribution in [0.15, 0.2) is 0 Å². The highest BCUT2D eigenvalue weighted by atomic mass is 31.2. The second kappa shape index (κ2) is 67.9. The third-order valence-corrected chi connectivity index (χ3v) is 19.6. The van der Waals surface area contributed by atoms with Crippen LogP contribution in [0.3, 0.4) is 0 Å². The molecule has 0 rings (SSSR count). The summed E-state index contributed by atoms with van der Waals surface area (Å²) >= 11 is 0. The molecule has 0 aromatic heterocycles. The topological polar surface area (TPSA) is 237 Å². The second-order valence-electron chi connectivity index (χ2n) is 28.3. The minimum atomic E-state index is -4.96. The number of phosphoric acid groups is 2. The number of carbonyl (C=O) groups is 4. The van der Waals surface area contributed by atoms with E-state index in [1.54, 1.807) is 0 Å². The Labute approximate surface area is 581 Å². The van der Waals surface area contributed by atoms with Gasteiger partial charge in [-0.2, -0.15) is 0 Å². The SMILES string of the molecule is CCCCCCCCCCCC(=O)O[C@H](COC(=O)CCCCCCCCCC)COP(=O)(O)OC[C@H](O)COP(=O)(O)OC[C@@H](COC(=O)CCCCCCCCCCCCCCCCCCC(C)C)OC(=O)CCCCCCCCCCCCCCCCCCC(C)C. The second-order valence-corrected chi connectivity index (χ2v) is 31.3. The van der Waals surface area contributed by atoms with E-state index >= 15 is 0 Å². The molecule has 0 spiro atoms. The smallest absolute Gasteiger partial charge is 0.462 e. The molecule has 0 aliphatic rings. The maximum Gasteiger partial charge on any atom is 0.472 e. The van der Waals surface area contributed by atoms with Gasteiger partial charge < -0.3 is 33.8 Å². The van der Waals surface area contributed by atoms with E-state index in [0.29, 0.717) is 25.7 Å². The number of unbranched alkanes of at least 4 members (excludes halogenated alkanes) is 45. The highest BCUT2D eigenvalue weighted by molar-refractivity contribution is 7.47. The van der Waals surface area contributed by atoms with E-state index in [0.717, 1.165) is 108 Å². The largest absolute Gasteiger partial charge is 0.472 e. The van der Waals surface area contributed by atoms with Crippen LogP contribution in [0.2, 0.25) is 0 Å². The average molecular weight is 1400 g/mol. The first-order valence-corrected chi connectivity index (χ1v) is 42.5. The van der Waals surface area contributed by atoms with E-state index in [2.05, 4.69) is 41.5 Å². The van der Waals surface area contributed by atoms with Gasteiger partial charge in [0.2, 0.25) is 0 Å². The fraction of sp³-hybridized carbons (Fsp3) is 0.947. The molecular weight excluding hydrogens is 1250 g/mol. The first-order valence-electron chi connectivity index (χ1n) is 39.5. The fourth-order valence-electron chi connectivity index (χ4n) is 11.7. The van der Waals surface area contributed by atoms with Gasteiger partial charge in [-0.25, -0.2) is 9.13 Å². The molecule has 0 aliphatic heterocycles. The van der Waals surface area contributed by atoms with Gasteiger partial charge in [-0.15, -0.1) is 0 Å². The summed E-state index contributed by atoms with van der Waals surface area (Å²) in [6.45, 7) is 9.61.